The van der Waals surface area contributed by atoms with E-state index in [4.69, 9.17) is 0 Å². The molecule has 0 heterocycles. The minimum atomic E-state index is -1.37. The maximum atomic E-state index is 13.4. The molecule has 1 rings (SSSR count). The van der Waals surface area contributed by atoms with Crippen molar-refractivity contribution < 1.29 is 13.3 Å². The smallest absolute Gasteiger partial charge is 0.144 e. The van der Waals surface area contributed by atoms with Crippen molar-refractivity contribution in [3.8, 4) is 0 Å². The first-order valence-electron chi connectivity index (χ1n) is 5.30. The highest BCUT2D eigenvalue weighted by Gasteiger charge is 2.25. The molecule has 0 N–H and O–H groups in total. The van der Waals surface area contributed by atoms with Crippen LogP contribution in [0, 0.1) is 11.6 Å². The van der Waals surface area contributed by atoms with E-state index in [0.717, 1.165) is 6.07 Å². The summed E-state index contributed by atoms with van der Waals surface area (Å²) >= 11 is 1.62. The zero-order valence-electron chi connectivity index (χ0n) is 10.3. The molecule has 18 heavy (non-hydrogen) atoms. The van der Waals surface area contributed by atoms with E-state index >= 15 is 0 Å². The van der Waals surface area contributed by atoms with E-state index in [2.05, 4.69) is 20.3 Å². The van der Waals surface area contributed by atoms with Gasteiger partial charge < -0.3 is 4.55 Å². The normalized spacial score (nSPS) is 14.2. The minimum absolute atomic E-state index is 0.173. The quantitative estimate of drug-likeness (QED) is 0.469. The van der Waals surface area contributed by atoms with Crippen molar-refractivity contribution in [1.29, 1.82) is 0 Å². The number of hydrogen-bond acceptors (Lipinski definition) is 2. The summed E-state index contributed by atoms with van der Waals surface area (Å²) in [5.41, 5.74) is 0.304. The largest absolute Gasteiger partial charge is 0.591 e. The second-order valence-electron chi connectivity index (χ2n) is 4.71. The summed E-state index contributed by atoms with van der Waals surface area (Å²) in [5.74, 6) is -1.28. The molecule has 0 fully saturated rings. The van der Waals surface area contributed by atoms with Gasteiger partial charge in [0.25, 0.3) is 0 Å². The molecule has 6 heteroatoms. The van der Waals surface area contributed by atoms with Gasteiger partial charge >= 0.3 is 0 Å². The van der Waals surface area contributed by atoms with E-state index in [9.17, 15) is 13.3 Å². The van der Waals surface area contributed by atoms with Gasteiger partial charge in [0.2, 0.25) is 0 Å². The summed E-state index contributed by atoms with van der Waals surface area (Å²) in [4.78, 5) is 0. The van der Waals surface area contributed by atoms with Crippen LogP contribution < -0.4 is 0 Å². The van der Waals surface area contributed by atoms with E-state index in [1.807, 2.05) is 0 Å². The SMILES string of the molecule is CC(C)(C)[S@@+]([O-])N=CCc1cc(Br)c(F)cc1F. The molecule has 0 saturated carbocycles. The lowest BCUT2D eigenvalue weighted by atomic mass is 10.1. The number of benzene rings is 1. The highest BCUT2D eigenvalue weighted by atomic mass is 79.9. The first kappa shape index (κ1) is 15.6. The van der Waals surface area contributed by atoms with E-state index < -0.39 is 27.7 Å². The van der Waals surface area contributed by atoms with Crippen molar-refractivity contribution in [2.24, 2.45) is 4.40 Å². The number of rotatable bonds is 3. The fourth-order valence-electron chi connectivity index (χ4n) is 1.08. The number of hydrogen-bond donors (Lipinski definition) is 0. The summed E-state index contributed by atoms with van der Waals surface area (Å²) in [7, 11) is 0. The molecule has 0 unspecified atom stereocenters. The van der Waals surface area contributed by atoms with Gasteiger partial charge in [-0.2, -0.15) is 0 Å². The third-order valence-electron chi connectivity index (χ3n) is 2.09. The predicted molar refractivity (Wildman–Crippen MR) is 74.1 cm³/mol. The number of halogens is 3. The molecule has 0 aromatic heterocycles. The summed E-state index contributed by atoms with van der Waals surface area (Å²) < 4.78 is 41.6. The van der Waals surface area contributed by atoms with Gasteiger partial charge in [0.05, 0.1) is 10.7 Å². The molecule has 2 nitrogen and oxygen atoms in total. The predicted octanol–water partition coefficient (Wildman–Crippen LogP) is 3.80. The lowest BCUT2D eigenvalue weighted by molar-refractivity contribution is 0.561. The summed E-state index contributed by atoms with van der Waals surface area (Å²) in [6.07, 6.45) is 1.57. The maximum Gasteiger partial charge on any atom is 0.144 e. The first-order valence-corrected chi connectivity index (χ1v) is 7.19. The Hall–Kier alpha value is -0.460. The van der Waals surface area contributed by atoms with Gasteiger partial charge in [0, 0.05) is 12.5 Å². The van der Waals surface area contributed by atoms with Gasteiger partial charge in [0.15, 0.2) is 0 Å². The third-order valence-corrected chi connectivity index (χ3v) is 4.09. The topological polar surface area (TPSA) is 35.4 Å². The van der Waals surface area contributed by atoms with Crippen molar-refractivity contribution in [2.45, 2.75) is 31.9 Å². The average molecular weight is 338 g/mol. The molecule has 0 aliphatic carbocycles. The van der Waals surface area contributed by atoms with Crippen molar-refractivity contribution in [3.05, 3.63) is 33.8 Å². The molecular weight excluding hydrogens is 324 g/mol. The van der Waals surface area contributed by atoms with Crippen molar-refractivity contribution in [2.75, 3.05) is 0 Å². The van der Waals surface area contributed by atoms with Crippen LogP contribution in [0.3, 0.4) is 0 Å². The second-order valence-corrected chi connectivity index (χ2v) is 7.50. The van der Waals surface area contributed by atoms with Crippen LogP contribution in [0.2, 0.25) is 0 Å². The zero-order valence-corrected chi connectivity index (χ0v) is 12.7. The van der Waals surface area contributed by atoms with Gasteiger partial charge in [-0.15, -0.1) is 0 Å². The molecule has 0 spiro atoms. The highest BCUT2D eigenvalue weighted by molar-refractivity contribution is 9.10. The summed E-state index contributed by atoms with van der Waals surface area (Å²) in [5, 5.41) is 0. The molecule has 0 aliphatic rings. The molecule has 0 saturated heterocycles. The highest BCUT2D eigenvalue weighted by Crippen LogP contribution is 2.20. The van der Waals surface area contributed by atoms with Gasteiger partial charge in [-0.3, -0.25) is 0 Å². The van der Waals surface area contributed by atoms with Crippen LogP contribution in [-0.4, -0.2) is 15.5 Å². The average Bonchev–Trinajstić information content (AvgIpc) is 2.23. The first-order chi connectivity index (χ1) is 8.21. The Morgan fingerprint density at radius 3 is 2.50 bits per heavy atom. The maximum absolute atomic E-state index is 13.4. The van der Waals surface area contributed by atoms with Crippen LogP contribution in [0.15, 0.2) is 21.0 Å². The number of nitrogens with zero attached hydrogens (tertiary/aromatic N) is 1. The summed E-state index contributed by atoms with van der Waals surface area (Å²) in [6, 6.07) is 2.17. The van der Waals surface area contributed by atoms with Crippen LogP contribution in [0.5, 0.6) is 0 Å². The standard InChI is InChI=1S/C12H14BrF2NOS/c1-12(2,3)18(17)16-5-4-8-6-9(13)11(15)7-10(8)14/h5-7H,4H2,1-3H3/t18-/m1/s1. The lowest BCUT2D eigenvalue weighted by Crippen LogP contribution is -2.25. The molecule has 0 radical (unpaired) electrons. The van der Waals surface area contributed by atoms with Crippen LogP contribution in [0.25, 0.3) is 0 Å². The fraction of sp³-hybridized carbons (Fsp3) is 0.417. The molecule has 100 valence electrons. The van der Waals surface area contributed by atoms with E-state index in [-0.39, 0.29) is 10.9 Å². The van der Waals surface area contributed by atoms with Crippen molar-refractivity contribution in [1.82, 2.24) is 0 Å². The van der Waals surface area contributed by atoms with Crippen LogP contribution in [0.1, 0.15) is 26.3 Å². The summed E-state index contributed by atoms with van der Waals surface area (Å²) in [6.45, 7) is 5.40. The van der Waals surface area contributed by atoms with E-state index in [0.29, 0.717) is 5.56 Å². The molecule has 1 aromatic carbocycles. The molecule has 0 aliphatic heterocycles. The molecule has 0 bridgehead atoms. The zero-order chi connectivity index (χ0) is 13.9. The Labute approximate surface area is 117 Å². The Bertz CT molecular complexity index is 460. The second kappa shape index (κ2) is 6.12. The molecule has 1 aromatic rings. The van der Waals surface area contributed by atoms with Crippen molar-refractivity contribution in [3.63, 3.8) is 0 Å². The van der Waals surface area contributed by atoms with E-state index in [1.165, 1.54) is 12.3 Å². The van der Waals surface area contributed by atoms with Gasteiger partial charge in [-0.05, 0) is 48.3 Å². The lowest BCUT2D eigenvalue weighted by Gasteiger charge is -2.17. The van der Waals surface area contributed by atoms with E-state index in [1.54, 1.807) is 20.8 Å². The van der Waals surface area contributed by atoms with Crippen LogP contribution >= 0.6 is 15.9 Å². The third kappa shape index (κ3) is 4.33. The Balaban J connectivity index is 2.75. The minimum Gasteiger partial charge on any atom is -0.591 e. The van der Waals surface area contributed by atoms with Gasteiger partial charge in [-0.1, -0.05) is 4.40 Å². The van der Waals surface area contributed by atoms with Gasteiger partial charge in [0.1, 0.15) is 27.7 Å². The van der Waals surface area contributed by atoms with Crippen LogP contribution in [-0.2, 0) is 17.8 Å². The Kier molecular flexibility index (Phi) is 5.31. The monoisotopic (exact) mass is 337 g/mol. The molecule has 0 amide bonds. The molecule has 1 atom stereocenters. The Morgan fingerprint density at radius 2 is 1.94 bits per heavy atom. The van der Waals surface area contributed by atoms with Gasteiger partial charge in [-0.25, -0.2) is 8.78 Å². The molecular formula is C12H14BrF2NOS. The van der Waals surface area contributed by atoms with Crippen LogP contribution in [0.4, 0.5) is 8.78 Å². The fourth-order valence-corrected chi connectivity index (χ4v) is 2.00. The Morgan fingerprint density at radius 1 is 1.33 bits per heavy atom. The van der Waals surface area contributed by atoms with Crippen molar-refractivity contribution >= 4 is 33.5 Å².